The minimum Gasteiger partial charge on any atom is -0.313 e. The molecule has 0 spiro atoms. The van der Waals surface area contributed by atoms with Gasteiger partial charge in [-0.05, 0) is 57.5 Å². The first-order valence-corrected chi connectivity index (χ1v) is 7.75. The molecule has 2 nitrogen and oxygen atoms in total. The van der Waals surface area contributed by atoms with Crippen molar-refractivity contribution in [2.75, 3.05) is 20.1 Å². The summed E-state index contributed by atoms with van der Waals surface area (Å²) in [6.45, 7) is 4.79. The number of rotatable bonds is 5. The molecule has 1 aliphatic heterocycles. The van der Waals surface area contributed by atoms with Gasteiger partial charge < -0.3 is 10.2 Å². The summed E-state index contributed by atoms with van der Waals surface area (Å²) in [6, 6.07) is 9.38. The van der Waals surface area contributed by atoms with Gasteiger partial charge in [0.05, 0.1) is 0 Å². The maximum Gasteiger partial charge on any atom is 0.0406 e. The molecule has 19 heavy (non-hydrogen) atoms. The third-order valence-corrected chi connectivity index (χ3v) is 4.52. The molecule has 1 aliphatic rings. The van der Waals surface area contributed by atoms with Gasteiger partial charge in [0.25, 0.3) is 0 Å². The lowest BCUT2D eigenvalue weighted by molar-refractivity contribution is 0.154. The zero-order valence-electron chi connectivity index (χ0n) is 12.0. The molecule has 3 heteroatoms. The summed E-state index contributed by atoms with van der Waals surface area (Å²) in [4.78, 5) is 2.63. The Morgan fingerprint density at radius 3 is 2.68 bits per heavy atom. The second-order valence-corrected chi connectivity index (χ2v) is 6.00. The van der Waals surface area contributed by atoms with E-state index in [1.807, 2.05) is 19.2 Å². The molecular formula is C16H25ClN2. The zero-order valence-corrected chi connectivity index (χ0v) is 12.8. The number of piperidine rings is 1. The number of nitrogens with zero attached hydrogens (tertiary/aromatic N) is 1. The Morgan fingerprint density at radius 2 is 2.05 bits per heavy atom. The maximum atomic E-state index is 5.95. The van der Waals surface area contributed by atoms with Gasteiger partial charge in [-0.15, -0.1) is 0 Å². The van der Waals surface area contributed by atoms with Gasteiger partial charge in [-0.1, -0.05) is 30.2 Å². The molecule has 1 aromatic rings. The molecule has 0 bridgehead atoms. The minimum atomic E-state index is 0.423. The van der Waals surface area contributed by atoms with E-state index in [1.165, 1.54) is 37.9 Å². The number of nitrogens with one attached hydrogen (secondary N) is 1. The van der Waals surface area contributed by atoms with Crippen molar-refractivity contribution in [3.63, 3.8) is 0 Å². The van der Waals surface area contributed by atoms with Crippen LogP contribution in [-0.4, -0.2) is 31.1 Å². The van der Waals surface area contributed by atoms with Crippen LogP contribution in [-0.2, 0) is 0 Å². The van der Waals surface area contributed by atoms with E-state index in [0.717, 1.165) is 17.5 Å². The second kappa shape index (κ2) is 7.28. The molecule has 0 saturated carbocycles. The minimum absolute atomic E-state index is 0.423. The van der Waals surface area contributed by atoms with Crippen LogP contribution < -0.4 is 5.32 Å². The zero-order chi connectivity index (χ0) is 13.7. The summed E-state index contributed by atoms with van der Waals surface area (Å²) in [6.07, 6.45) is 5.26. The van der Waals surface area contributed by atoms with Gasteiger partial charge in [0, 0.05) is 23.7 Å². The summed E-state index contributed by atoms with van der Waals surface area (Å²) in [7, 11) is 2.04. The monoisotopic (exact) mass is 280 g/mol. The Balaban J connectivity index is 1.90. The van der Waals surface area contributed by atoms with Crippen LogP contribution in [0.25, 0.3) is 0 Å². The first kappa shape index (κ1) is 14.8. The highest BCUT2D eigenvalue weighted by molar-refractivity contribution is 6.30. The third-order valence-electron chi connectivity index (χ3n) is 4.27. The number of hydrogen-bond acceptors (Lipinski definition) is 2. The van der Waals surface area contributed by atoms with E-state index in [9.17, 15) is 0 Å². The molecule has 0 aliphatic carbocycles. The predicted molar refractivity (Wildman–Crippen MR) is 82.8 cm³/mol. The van der Waals surface area contributed by atoms with E-state index in [4.69, 9.17) is 11.6 Å². The summed E-state index contributed by atoms with van der Waals surface area (Å²) >= 11 is 5.95. The largest absolute Gasteiger partial charge is 0.313 e. The fourth-order valence-corrected chi connectivity index (χ4v) is 3.08. The lowest BCUT2D eigenvalue weighted by atomic mass is 10.0. The fraction of sp³-hybridized carbons (Fsp3) is 0.625. The summed E-state index contributed by atoms with van der Waals surface area (Å²) in [5.74, 6) is 0. The van der Waals surface area contributed by atoms with Crippen molar-refractivity contribution >= 4 is 11.6 Å². The molecule has 2 atom stereocenters. The summed E-state index contributed by atoms with van der Waals surface area (Å²) < 4.78 is 0. The van der Waals surface area contributed by atoms with Crippen molar-refractivity contribution in [1.29, 1.82) is 0 Å². The van der Waals surface area contributed by atoms with Gasteiger partial charge in [0.1, 0.15) is 0 Å². The summed E-state index contributed by atoms with van der Waals surface area (Å²) in [5.41, 5.74) is 1.33. The number of hydrogen-bond donors (Lipinski definition) is 1. The predicted octanol–water partition coefficient (Wildman–Crippen LogP) is 3.87. The fourth-order valence-electron chi connectivity index (χ4n) is 2.96. The van der Waals surface area contributed by atoms with E-state index >= 15 is 0 Å². The molecule has 0 radical (unpaired) electrons. The van der Waals surface area contributed by atoms with Crippen LogP contribution >= 0.6 is 11.6 Å². The molecule has 1 aromatic carbocycles. The van der Waals surface area contributed by atoms with Gasteiger partial charge in [-0.3, -0.25) is 0 Å². The van der Waals surface area contributed by atoms with Crippen LogP contribution in [0.3, 0.4) is 0 Å². The third kappa shape index (κ3) is 4.20. The van der Waals surface area contributed by atoms with Crippen molar-refractivity contribution < 1.29 is 0 Å². The van der Waals surface area contributed by atoms with Gasteiger partial charge >= 0.3 is 0 Å². The quantitative estimate of drug-likeness (QED) is 0.881. The van der Waals surface area contributed by atoms with Crippen molar-refractivity contribution in [1.82, 2.24) is 10.2 Å². The molecular weight excluding hydrogens is 256 g/mol. The van der Waals surface area contributed by atoms with Crippen molar-refractivity contribution in [2.24, 2.45) is 0 Å². The van der Waals surface area contributed by atoms with E-state index in [1.54, 1.807) is 0 Å². The van der Waals surface area contributed by atoms with E-state index in [2.05, 4.69) is 29.3 Å². The summed E-state index contributed by atoms with van der Waals surface area (Å²) in [5, 5.41) is 4.23. The van der Waals surface area contributed by atoms with Crippen LogP contribution in [0.5, 0.6) is 0 Å². The van der Waals surface area contributed by atoms with Crippen LogP contribution in [0.4, 0.5) is 0 Å². The molecule has 1 saturated heterocycles. The topological polar surface area (TPSA) is 15.3 Å². The average molecular weight is 281 g/mol. The van der Waals surface area contributed by atoms with Gasteiger partial charge in [0.2, 0.25) is 0 Å². The Morgan fingerprint density at radius 1 is 1.32 bits per heavy atom. The lowest BCUT2D eigenvalue weighted by Gasteiger charge is -2.34. The van der Waals surface area contributed by atoms with Crippen molar-refractivity contribution in [3.8, 4) is 0 Å². The molecule has 1 fully saturated rings. The van der Waals surface area contributed by atoms with Gasteiger partial charge in [-0.2, -0.15) is 0 Å². The molecule has 1 N–H and O–H groups in total. The molecule has 106 valence electrons. The van der Waals surface area contributed by atoms with Crippen LogP contribution in [0.1, 0.15) is 44.2 Å². The van der Waals surface area contributed by atoms with E-state index in [-0.39, 0.29) is 0 Å². The maximum absolute atomic E-state index is 5.95. The molecule has 0 amide bonds. The molecule has 0 aromatic heterocycles. The van der Waals surface area contributed by atoms with Crippen LogP contribution in [0.15, 0.2) is 24.3 Å². The highest BCUT2D eigenvalue weighted by Crippen LogP contribution is 2.22. The van der Waals surface area contributed by atoms with E-state index in [0.29, 0.717) is 6.04 Å². The highest BCUT2D eigenvalue weighted by Gasteiger charge is 2.19. The average Bonchev–Trinajstić information content (AvgIpc) is 2.43. The first-order chi connectivity index (χ1) is 9.20. The van der Waals surface area contributed by atoms with Gasteiger partial charge in [0.15, 0.2) is 0 Å². The van der Waals surface area contributed by atoms with E-state index < -0.39 is 0 Å². The van der Waals surface area contributed by atoms with Crippen LogP contribution in [0, 0.1) is 0 Å². The van der Waals surface area contributed by atoms with Crippen molar-refractivity contribution in [2.45, 2.75) is 44.7 Å². The Hall–Kier alpha value is -0.570. The Bertz CT molecular complexity index is 377. The Kier molecular flexibility index (Phi) is 5.68. The van der Waals surface area contributed by atoms with Gasteiger partial charge in [-0.25, -0.2) is 0 Å². The number of halogens is 1. The highest BCUT2D eigenvalue weighted by atomic mass is 35.5. The van der Waals surface area contributed by atoms with Crippen molar-refractivity contribution in [3.05, 3.63) is 34.9 Å². The first-order valence-electron chi connectivity index (χ1n) is 7.37. The normalized spacial score (nSPS) is 22.4. The van der Waals surface area contributed by atoms with Crippen LogP contribution in [0.2, 0.25) is 5.02 Å². The second-order valence-electron chi connectivity index (χ2n) is 5.56. The lowest BCUT2D eigenvalue weighted by Crippen LogP contribution is -2.39. The molecule has 1 heterocycles. The SMILES string of the molecule is CNC(CCN1CCCCC1C)c1ccc(Cl)cc1. The number of benzene rings is 1. The Labute approximate surface area is 122 Å². The standard InChI is InChI=1S/C16H25ClN2/c1-13-5-3-4-11-19(13)12-10-16(18-2)14-6-8-15(17)9-7-14/h6-9,13,16,18H,3-5,10-12H2,1-2H3. The number of likely N-dealkylation sites (tertiary alicyclic amines) is 1. The smallest absolute Gasteiger partial charge is 0.0406 e. The molecule has 2 unspecified atom stereocenters. The molecule has 2 rings (SSSR count).